The highest BCUT2D eigenvalue weighted by atomic mass is 16.4. The molecule has 2 heterocycles. The van der Waals surface area contributed by atoms with E-state index in [0.717, 1.165) is 24.2 Å². The molecule has 0 bridgehead atoms. The van der Waals surface area contributed by atoms with E-state index in [9.17, 15) is 4.79 Å². The lowest BCUT2D eigenvalue weighted by atomic mass is 10.00. The Labute approximate surface area is 96.5 Å². The SMILES string of the molecule is O=C(O)Cn1cc(C2(c3cnc[nH]3)CC2)nn1. The summed E-state index contributed by atoms with van der Waals surface area (Å²) < 4.78 is 1.34. The molecule has 0 saturated heterocycles. The number of hydrogen-bond donors (Lipinski definition) is 2. The van der Waals surface area contributed by atoms with E-state index in [1.165, 1.54) is 4.68 Å². The first-order valence-corrected chi connectivity index (χ1v) is 5.32. The van der Waals surface area contributed by atoms with Gasteiger partial charge in [0, 0.05) is 11.9 Å². The predicted molar refractivity (Wildman–Crippen MR) is 56.3 cm³/mol. The van der Waals surface area contributed by atoms with Crippen molar-refractivity contribution < 1.29 is 9.90 Å². The van der Waals surface area contributed by atoms with Crippen molar-refractivity contribution in [3.8, 4) is 0 Å². The molecule has 2 N–H and O–H groups in total. The zero-order valence-corrected chi connectivity index (χ0v) is 9.00. The van der Waals surface area contributed by atoms with Gasteiger partial charge in [-0.1, -0.05) is 5.21 Å². The van der Waals surface area contributed by atoms with E-state index < -0.39 is 5.97 Å². The summed E-state index contributed by atoms with van der Waals surface area (Å²) in [5, 5.41) is 16.6. The van der Waals surface area contributed by atoms with Crippen molar-refractivity contribution in [3.63, 3.8) is 0 Å². The number of aromatic amines is 1. The van der Waals surface area contributed by atoms with Crippen molar-refractivity contribution >= 4 is 5.97 Å². The summed E-state index contributed by atoms with van der Waals surface area (Å²) >= 11 is 0. The van der Waals surface area contributed by atoms with E-state index >= 15 is 0 Å². The first-order valence-electron chi connectivity index (χ1n) is 5.32. The second-order valence-electron chi connectivity index (χ2n) is 4.24. The summed E-state index contributed by atoms with van der Waals surface area (Å²) in [4.78, 5) is 17.7. The van der Waals surface area contributed by atoms with Gasteiger partial charge in [0.25, 0.3) is 0 Å². The minimum atomic E-state index is -0.923. The number of carboxylic acids is 1. The predicted octanol–water partition coefficient (Wildman–Crippen LogP) is 0.166. The maximum Gasteiger partial charge on any atom is 0.325 e. The van der Waals surface area contributed by atoms with Gasteiger partial charge >= 0.3 is 5.97 Å². The molecule has 0 spiro atoms. The summed E-state index contributed by atoms with van der Waals surface area (Å²) in [6.45, 7) is -0.161. The van der Waals surface area contributed by atoms with E-state index in [4.69, 9.17) is 5.11 Å². The van der Waals surface area contributed by atoms with Crippen molar-refractivity contribution in [1.29, 1.82) is 0 Å². The van der Waals surface area contributed by atoms with Gasteiger partial charge < -0.3 is 10.1 Å². The molecule has 0 aromatic carbocycles. The van der Waals surface area contributed by atoms with Crippen LogP contribution in [0.3, 0.4) is 0 Å². The second kappa shape index (κ2) is 3.41. The van der Waals surface area contributed by atoms with Crippen molar-refractivity contribution in [2.24, 2.45) is 0 Å². The normalized spacial score (nSPS) is 16.9. The molecular weight excluding hydrogens is 222 g/mol. The molecule has 2 aromatic rings. The topological polar surface area (TPSA) is 96.7 Å². The third kappa shape index (κ3) is 1.59. The van der Waals surface area contributed by atoms with Gasteiger partial charge in [-0.25, -0.2) is 9.67 Å². The fourth-order valence-electron chi connectivity index (χ4n) is 2.04. The average molecular weight is 233 g/mol. The minimum Gasteiger partial charge on any atom is -0.480 e. The molecule has 0 aliphatic heterocycles. The summed E-state index contributed by atoms with van der Waals surface area (Å²) in [5.74, 6) is -0.923. The highest BCUT2D eigenvalue weighted by Crippen LogP contribution is 2.51. The maximum absolute atomic E-state index is 10.6. The Kier molecular flexibility index (Phi) is 2.01. The Hall–Kier alpha value is -2.18. The van der Waals surface area contributed by atoms with Gasteiger partial charge in [0.05, 0.1) is 23.6 Å². The fourth-order valence-corrected chi connectivity index (χ4v) is 2.04. The van der Waals surface area contributed by atoms with E-state index in [-0.39, 0.29) is 12.0 Å². The van der Waals surface area contributed by atoms with Gasteiger partial charge in [0.1, 0.15) is 6.54 Å². The van der Waals surface area contributed by atoms with Crippen LogP contribution < -0.4 is 0 Å². The highest BCUT2D eigenvalue weighted by Gasteiger charge is 2.49. The van der Waals surface area contributed by atoms with Crippen molar-refractivity contribution in [2.75, 3.05) is 0 Å². The third-order valence-electron chi connectivity index (χ3n) is 3.09. The smallest absolute Gasteiger partial charge is 0.325 e. The van der Waals surface area contributed by atoms with E-state index in [1.807, 2.05) is 0 Å². The number of imidazole rings is 1. The molecule has 1 fully saturated rings. The lowest BCUT2D eigenvalue weighted by Gasteiger charge is -2.07. The van der Waals surface area contributed by atoms with Crippen LogP contribution in [0.1, 0.15) is 24.2 Å². The number of rotatable bonds is 4. The van der Waals surface area contributed by atoms with Gasteiger partial charge in [-0.05, 0) is 12.8 Å². The molecule has 2 aromatic heterocycles. The molecule has 0 atom stereocenters. The average Bonchev–Trinajstić information content (AvgIpc) is 2.77. The summed E-state index contributed by atoms with van der Waals surface area (Å²) in [6.07, 6.45) is 7.09. The lowest BCUT2D eigenvalue weighted by Crippen LogP contribution is -2.10. The van der Waals surface area contributed by atoms with Crippen molar-refractivity contribution in [3.05, 3.63) is 30.1 Å². The molecule has 1 saturated carbocycles. The van der Waals surface area contributed by atoms with Gasteiger partial charge in [0.15, 0.2) is 0 Å². The zero-order valence-electron chi connectivity index (χ0n) is 9.00. The van der Waals surface area contributed by atoms with Crippen LogP contribution in [0.15, 0.2) is 18.7 Å². The second-order valence-corrected chi connectivity index (χ2v) is 4.24. The van der Waals surface area contributed by atoms with Gasteiger partial charge in [0.2, 0.25) is 0 Å². The number of nitrogens with one attached hydrogen (secondary N) is 1. The van der Waals surface area contributed by atoms with Crippen LogP contribution in [-0.2, 0) is 16.8 Å². The molecule has 1 aliphatic carbocycles. The van der Waals surface area contributed by atoms with Crippen LogP contribution >= 0.6 is 0 Å². The van der Waals surface area contributed by atoms with Crippen molar-refractivity contribution in [2.45, 2.75) is 24.8 Å². The van der Waals surface area contributed by atoms with E-state index in [2.05, 4.69) is 20.3 Å². The molecule has 0 amide bonds. The summed E-state index contributed by atoms with van der Waals surface area (Å²) in [7, 11) is 0. The Morgan fingerprint density at radius 3 is 3.00 bits per heavy atom. The molecular formula is C10H11N5O2. The molecule has 88 valence electrons. The minimum absolute atomic E-state index is 0.132. The number of nitrogens with zero attached hydrogens (tertiary/aromatic N) is 4. The Balaban J connectivity index is 1.90. The van der Waals surface area contributed by atoms with Crippen LogP contribution in [-0.4, -0.2) is 36.0 Å². The first kappa shape index (κ1) is 10.0. The molecule has 7 heteroatoms. The van der Waals surface area contributed by atoms with Crippen LogP contribution in [0.4, 0.5) is 0 Å². The lowest BCUT2D eigenvalue weighted by molar-refractivity contribution is -0.137. The van der Waals surface area contributed by atoms with Crippen LogP contribution in [0.5, 0.6) is 0 Å². The zero-order chi connectivity index (χ0) is 11.9. The summed E-state index contributed by atoms with van der Waals surface area (Å²) in [5.41, 5.74) is 1.69. The Bertz CT molecular complexity index is 541. The van der Waals surface area contributed by atoms with Crippen molar-refractivity contribution in [1.82, 2.24) is 25.0 Å². The van der Waals surface area contributed by atoms with Crippen LogP contribution in [0, 0.1) is 0 Å². The first-order chi connectivity index (χ1) is 8.21. The molecule has 1 aliphatic rings. The van der Waals surface area contributed by atoms with E-state index in [1.54, 1.807) is 18.7 Å². The van der Waals surface area contributed by atoms with Gasteiger partial charge in [-0.3, -0.25) is 4.79 Å². The molecule has 0 unspecified atom stereocenters. The molecule has 0 radical (unpaired) electrons. The monoisotopic (exact) mass is 233 g/mol. The third-order valence-corrected chi connectivity index (χ3v) is 3.09. The Morgan fingerprint density at radius 2 is 2.41 bits per heavy atom. The number of H-pyrrole nitrogens is 1. The molecule has 17 heavy (non-hydrogen) atoms. The Morgan fingerprint density at radius 1 is 1.59 bits per heavy atom. The number of hydrogen-bond acceptors (Lipinski definition) is 4. The number of carboxylic acid groups (broad SMARTS) is 1. The van der Waals surface area contributed by atoms with Gasteiger partial charge in [-0.2, -0.15) is 0 Å². The molecule has 7 nitrogen and oxygen atoms in total. The van der Waals surface area contributed by atoms with Crippen LogP contribution in [0.25, 0.3) is 0 Å². The largest absolute Gasteiger partial charge is 0.480 e. The fraction of sp³-hybridized carbons (Fsp3) is 0.400. The maximum atomic E-state index is 10.6. The standard InChI is InChI=1S/C10H11N5O2/c16-9(17)5-15-4-8(13-14-15)10(1-2-10)7-3-11-6-12-7/h3-4,6H,1-2,5H2,(H,11,12)(H,16,17). The molecule has 3 rings (SSSR count). The number of carbonyl (C=O) groups is 1. The van der Waals surface area contributed by atoms with E-state index in [0.29, 0.717) is 0 Å². The number of aliphatic carboxylic acids is 1. The quantitative estimate of drug-likeness (QED) is 0.784. The number of aromatic nitrogens is 5. The summed E-state index contributed by atoms with van der Waals surface area (Å²) in [6, 6.07) is 0. The van der Waals surface area contributed by atoms with Gasteiger partial charge in [-0.15, -0.1) is 5.10 Å². The van der Waals surface area contributed by atoms with Crippen LogP contribution in [0.2, 0.25) is 0 Å². The highest BCUT2D eigenvalue weighted by molar-refractivity contribution is 5.66.